The van der Waals surface area contributed by atoms with E-state index >= 15 is 0 Å². The van der Waals surface area contributed by atoms with Crippen LogP contribution in [0, 0.1) is 0 Å². The standard InChI is InChI=1S/C19H20N4O2S/c1-3-23-18(15-6-4-5-7-16(15)25-2)21-22-19(23)26-12-13-8-10-14(11-9-13)17(20)24/h4-11H,3,12H2,1-2H3,(H2,20,24). The monoisotopic (exact) mass is 368 g/mol. The van der Waals surface area contributed by atoms with Gasteiger partial charge in [0.25, 0.3) is 0 Å². The third-order valence-electron chi connectivity index (χ3n) is 3.99. The van der Waals surface area contributed by atoms with Crippen LogP contribution in [0.4, 0.5) is 0 Å². The molecule has 0 radical (unpaired) electrons. The molecule has 0 saturated carbocycles. The minimum absolute atomic E-state index is 0.420. The van der Waals surface area contributed by atoms with Gasteiger partial charge in [0, 0.05) is 17.9 Å². The summed E-state index contributed by atoms with van der Waals surface area (Å²) >= 11 is 1.60. The second-order valence-corrected chi connectivity index (χ2v) is 6.54. The van der Waals surface area contributed by atoms with E-state index in [1.54, 1.807) is 31.0 Å². The van der Waals surface area contributed by atoms with E-state index < -0.39 is 5.91 Å². The summed E-state index contributed by atoms with van der Waals surface area (Å²) in [4.78, 5) is 11.2. The molecule has 7 heteroatoms. The molecule has 2 N–H and O–H groups in total. The van der Waals surface area contributed by atoms with Crippen molar-refractivity contribution in [3.05, 3.63) is 59.7 Å². The minimum atomic E-state index is -0.420. The molecule has 26 heavy (non-hydrogen) atoms. The van der Waals surface area contributed by atoms with E-state index in [9.17, 15) is 4.79 Å². The van der Waals surface area contributed by atoms with Gasteiger partial charge in [0.05, 0.1) is 12.7 Å². The lowest BCUT2D eigenvalue weighted by Crippen LogP contribution is -2.10. The van der Waals surface area contributed by atoms with Gasteiger partial charge in [0.2, 0.25) is 5.91 Å². The molecule has 0 atom stereocenters. The number of carbonyl (C=O) groups excluding carboxylic acids is 1. The van der Waals surface area contributed by atoms with E-state index in [4.69, 9.17) is 10.5 Å². The molecule has 0 aliphatic carbocycles. The van der Waals surface area contributed by atoms with E-state index in [-0.39, 0.29) is 0 Å². The molecule has 0 spiro atoms. The van der Waals surface area contributed by atoms with Crippen molar-refractivity contribution >= 4 is 17.7 Å². The molecule has 0 unspecified atom stereocenters. The number of benzene rings is 2. The molecule has 0 saturated heterocycles. The van der Waals surface area contributed by atoms with Crippen molar-refractivity contribution < 1.29 is 9.53 Å². The quantitative estimate of drug-likeness (QED) is 0.647. The molecule has 0 aliphatic heterocycles. The van der Waals surface area contributed by atoms with Crippen LogP contribution in [0.2, 0.25) is 0 Å². The van der Waals surface area contributed by atoms with E-state index in [0.717, 1.165) is 40.2 Å². The van der Waals surface area contributed by atoms with Crippen molar-refractivity contribution in [3.8, 4) is 17.1 Å². The fourth-order valence-corrected chi connectivity index (χ4v) is 3.58. The van der Waals surface area contributed by atoms with Crippen LogP contribution >= 0.6 is 11.8 Å². The number of primary amides is 1. The molecule has 1 heterocycles. The largest absolute Gasteiger partial charge is 0.496 e. The summed E-state index contributed by atoms with van der Waals surface area (Å²) in [5.41, 5.74) is 7.79. The van der Waals surface area contributed by atoms with Gasteiger partial charge in [-0.3, -0.25) is 4.79 Å². The fraction of sp³-hybridized carbons (Fsp3) is 0.211. The van der Waals surface area contributed by atoms with Crippen LogP contribution in [-0.4, -0.2) is 27.8 Å². The van der Waals surface area contributed by atoms with Gasteiger partial charge in [-0.2, -0.15) is 0 Å². The second kappa shape index (κ2) is 8.05. The molecule has 0 bridgehead atoms. The number of thioether (sulfide) groups is 1. The first-order chi connectivity index (χ1) is 12.6. The van der Waals surface area contributed by atoms with Crippen LogP contribution in [0.3, 0.4) is 0 Å². The maximum absolute atomic E-state index is 11.2. The SMILES string of the molecule is CCn1c(SCc2ccc(C(N)=O)cc2)nnc1-c1ccccc1OC. The van der Waals surface area contributed by atoms with Crippen molar-refractivity contribution in [1.29, 1.82) is 0 Å². The summed E-state index contributed by atoms with van der Waals surface area (Å²) in [6.45, 7) is 2.82. The second-order valence-electron chi connectivity index (χ2n) is 5.60. The lowest BCUT2D eigenvalue weighted by molar-refractivity contribution is 0.100. The molecule has 1 amide bonds. The Hall–Kier alpha value is -2.80. The number of rotatable bonds is 7. The van der Waals surface area contributed by atoms with Crippen LogP contribution in [-0.2, 0) is 12.3 Å². The summed E-state index contributed by atoms with van der Waals surface area (Å²) < 4.78 is 7.51. The number of para-hydroxylation sites is 1. The third-order valence-corrected chi connectivity index (χ3v) is 5.03. The average molecular weight is 368 g/mol. The number of hydrogen-bond donors (Lipinski definition) is 1. The van der Waals surface area contributed by atoms with E-state index in [1.807, 2.05) is 36.4 Å². The zero-order valence-electron chi connectivity index (χ0n) is 14.7. The Morgan fingerprint density at radius 3 is 2.54 bits per heavy atom. The Morgan fingerprint density at radius 1 is 1.15 bits per heavy atom. The van der Waals surface area contributed by atoms with Gasteiger partial charge in [-0.15, -0.1) is 10.2 Å². The molecule has 1 aromatic heterocycles. The fourth-order valence-electron chi connectivity index (χ4n) is 2.62. The van der Waals surface area contributed by atoms with E-state index in [0.29, 0.717) is 5.56 Å². The number of nitrogens with zero attached hydrogens (tertiary/aromatic N) is 3. The molecule has 0 fully saturated rings. The van der Waals surface area contributed by atoms with Crippen LogP contribution in [0.5, 0.6) is 5.75 Å². The lowest BCUT2D eigenvalue weighted by Gasteiger charge is -2.10. The Balaban J connectivity index is 1.81. The smallest absolute Gasteiger partial charge is 0.248 e. The highest BCUT2D eigenvalue weighted by molar-refractivity contribution is 7.98. The summed E-state index contributed by atoms with van der Waals surface area (Å²) in [7, 11) is 1.65. The molecule has 6 nitrogen and oxygen atoms in total. The number of ether oxygens (including phenoxy) is 1. The van der Waals surface area contributed by atoms with Gasteiger partial charge in [-0.05, 0) is 36.8 Å². The van der Waals surface area contributed by atoms with Crippen molar-refractivity contribution in [2.24, 2.45) is 5.73 Å². The average Bonchev–Trinajstić information content (AvgIpc) is 3.09. The zero-order valence-corrected chi connectivity index (χ0v) is 15.5. The maximum atomic E-state index is 11.2. The highest BCUT2D eigenvalue weighted by Crippen LogP contribution is 2.31. The number of nitrogens with two attached hydrogens (primary N) is 1. The molecular formula is C19H20N4O2S. The molecule has 3 aromatic rings. The first-order valence-electron chi connectivity index (χ1n) is 8.22. The van der Waals surface area contributed by atoms with Crippen molar-refractivity contribution in [2.45, 2.75) is 24.4 Å². The highest BCUT2D eigenvalue weighted by atomic mass is 32.2. The highest BCUT2D eigenvalue weighted by Gasteiger charge is 2.16. The third kappa shape index (κ3) is 3.72. The first kappa shape index (κ1) is 18.0. The van der Waals surface area contributed by atoms with Crippen molar-refractivity contribution in [2.75, 3.05) is 7.11 Å². The number of carbonyl (C=O) groups is 1. The molecule has 134 valence electrons. The minimum Gasteiger partial charge on any atom is -0.496 e. The lowest BCUT2D eigenvalue weighted by atomic mass is 10.1. The number of hydrogen-bond acceptors (Lipinski definition) is 5. The van der Waals surface area contributed by atoms with Crippen molar-refractivity contribution in [3.63, 3.8) is 0 Å². The predicted molar refractivity (Wildman–Crippen MR) is 102 cm³/mol. The molecular weight excluding hydrogens is 348 g/mol. The van der Waals surface area contributed by atoms with Gasteiger partial charge in [-0.1, -0.05) is 36.0 Å². The van der Waals surface area contributed by atoms with Crippen LogP contribution in [0.1, 0.15) is 22.8 Å². The Morgan fingerprint density at radius 2 is 1.88 bits per heavy atom. The van der Waals surface area contributed by atoms with Gasteiger partial charge in [0.1, 0.15) is 5.75 Å². The van der Waals surface area contributed by atoms with E-state index in [2.05, 4.69) is 21.7 Å². The molecule has 2 aromatic carbocycles. The molecule has 0 aliphatic rings. The maximum Gasteiger partial charge on any atom is 0.248 e. The van der Waals surface area contributed by atoms with Crippen LogP contribution < -0.4 is 10.5 Å². The predicted octanol–water partition coefficient (Wildman–Crippen LogP) is 3.36. The Labute approximate surface area is 156 Å². The first-order valence-corrected chi connectivity index (χ1v) is 9.20. The van der Waals surface area contributed by atoms with Crippen LogP contribution in [0.25, 0.3) is 11.4 Å². The van der Waals surface area contributed by atoms with Gasteiger partial charge in [-0.25, -0.2) is 0 Å². The molecule has 3 rings (SSSR count). The topological polar surface area (TPSA) is 83.0 Å². The summed E-state index contributed by atoms with van der Waals surface area (Å²) in [5, 5.41) is 9.55. The number of amides is 1. The summed E-state index contributed by atoms with van der Waals surface area (Å²) in [5.74, 6) is 1.87. The van der Waals surface area contributed by atoms with Crippen LogP contribution in [0.15, 0.2) is 53.7 Å². The van der Waals surface area contributed by atoms with E-state index in [1.165, 1.54) is 0 Å². The number of methoxy groups -OCH3 is 1. The Kier molecular flexibility index (Phi) is 5.58. The summed E-state index contributed by atoms with van der Waals surface area (Å²) in [6.07, 6.45) is 0. The van der Waals surface area contributed by atoms with Gasteiger partial charge in [0.15, 0.2) is 11.0 Å². The van der Waals surface area contributed by atoms with Gasteiger partial charge >= 0.3 is 0 Å². The van der Waals surface area contributed by atoms with Crippen molar-refractivity contribution in [1.82, 2.24) is 14.8 Å². The number of aromatic nitrogens is 3. The summed E-state index contributed by atoms with van der Waals surface area (Å²) in [6, 6.07) is 15.1. The van der Waals surface area contributed by atoms with Gasteiger partial charge < -0.3 is 15.0 Å². The Bertz CT molecular complexity index is 906. The zero-order chi connectivity index (χ0) is 18.5. The normalized spacial score (nSPS) is 10.7.